The standard InChI is InChI=1S/C18H27NO/c1-3-14-8-10-15(11-9-14)18-13(2)19-17-7-5-4-6-16(17)12-20-18/h8-11,13,16-19H,3-7,12H2,1-2H3. The molecule has 2 aliphatic rings. The van der Waals surface area contributed by atoms with Crippen LogP contribution >= 0.6 is 0 Å². The third-order valence-corrected chi connectivity index (χ3v) is 5.05. The molecule has 1 N–H and O–H groups in total. The zero-order chi connectivity index (χ0) is 13.9. The molecule has 1 saturated heterocycles. The summed E-state index contributed by atoms with van der Waals surface area (Å²) in [5.41, 5.74) is 2.72. The van der Waals surface area contributed by atoms with E-state index in [1.54, 1.807) is 0 Å². The number of benzene rings is 1. The lowest BCUT2D eigenvalue weighted by molar-refractivity contribution is 0.0263. The molecule has 0 bridgehead atoms. The largest absolute Gasteiger partial charge is 0.372 e. The maximum atomic E-state index is 6.28. The van der Waals surface area contributed by atoms with Crippen molar-refractivity contribution in [2.45, 2.75) is 64.1 Å². The zero-order valence-electron chi connectivity index (χ0n) is 12.8. The summed E-state index contributed by atoms with van der Waals surface area (Å²) in [4.78, 5) is 0. The van der Waals surface area contributed by atoms with E-state index in [-0.39, 0.29) is 6.10 Å². The van der Waals surface area contributed by atoms with Crippen molar-refractivity contribution in [2.24, 2.45) is 5.92 Å². The molecule has 2 heteroatoms. The number of rotatable bonds is 2. The van der Waals surface area contributed by atoms with Gasteiger partial charge in [0.05, 0.1) is 12.7 Å². The van der Waals surface area contributed by atoms with Crippen molar-refractivity contribution in [3.8, 4) is 0 Å². The summed E-state index contributed by atoms with van der Waals surface area (Å²) < 4.78 is 6.28. The number of nitrogens with one attached hydrogen (secondary N) is 1. The summed E-state index contributed by atoms with van der Waals surface area (Å²) in [7, 11) is 0. The topological polar surface area (TPSA) is 21.3 Å². The van der Waals surface area contributed by atoms with E-state index in [0.29, 0.717) is 18.0 Å². The van der Waals surface area contributed by atoms with Crippen molar-refractivity contribution in [3.05, 3.63) is 35.4 Å². The molecule has 1 aliphatic carbocycles. The number of hydrogen-bond donors (Lipinski definition) is 1. The van der Waals surface area contributed by atoms with Crippen molar-refractivity contribution in [1.82, 2.24) is 5.32 Å². The molecular weight excluding hydrogens is 246 g/mol. The van der Waals surface area contributed by atoms with E-state index in [9.17, 15) is 0 Å². The third-order valence-electron chi connectivity index (χ3n) is 5.05. The highest BCUT2D eigenvalue weighted by molar-refractivity contribution is 5.25. The van der Waals surface area contributed by atoms with Crippen molar-refractivity contribution < 1.29 is 4.74 Å². The summed E-state index contributed by atoms with van der Waals surface area (Å²) in [6.45, 7) is 5.39. The molecule has 20 heavy (non-hydrogen) atoms. The van der Waals surface area contributed by atoms with Gasteiger partial charge in [-0.05, 0) is 43.2 Å². The van der Waals surface area contributed by atoms with E-state index < -0.39 is 0 Å². The first-order valence-corrected chi connectivity index (χ1v) is 8.24. The van der Waals surface area contributed by atoms with Gasteiger partial charge >= 0.3 is 0 Å². The van der Waals surface area contributed by atoms with Crippen molar-refractivity contribution in [1.29, 1.82) is 0 Å². The van der Waals surface area contributed by atoms with E-state index in [4.69, 9.17) is 4.74 Å². The van der Waals surface area contributed by atoms with Gasteiger partial charge in [0.2, 0.25) is 0 Å². The molecular formula is C18H27NO. The lowest BCUT2D eigenvalue weighted by Crippen LogP contribution is -2.43. The van der Waals surface area contributed by atoms with Gasteiger partial charge < -0.3 is 10.1 Å². The highest BCUT2D eigenvalue weighted by atomic mass is 16.5. The number of fused-ring (bicyclic) bond motifs is 1. The first-order valence-electron chi connectivity index (χ1n) is 8.24. The molecule has 1 aromatic carbocycles. The van der Waals surface area contributed by atoms with Crippen LogP contribution in [0.3, 0.4) is 0 Å². The van der Waals surface area contributed by atoms with Crippen LogP contribution in [-0.2, 0) is 11.2 Å². The quantitative estimate of drug-likeness (QED) is 0.883. The predicted molar refractivity (Wildman–Crippen MR) is 82.9 cm³/mol. The average Bonchev–Trinajstić information content (AvgIpc) is 2.66. The number of hydrogen-bond acceptors (Lipinski definition) is 2. The summed E-state index contributed by atoms with van der Waals surface area (Å²) in [6, 6.07) is 10.0. The van der Waals surface area contributed by atoms with Crippen LogP contribution in [0.15, 0.2) is 24.3 Å². The van der Waals surface area contributed by atoms with Gasteiger partial charge in [-0.25, -0.2) is 0 Å². The first kappa shape index (κ1) is 14.1. The van der Waals surface area contributed by atoms with E-state index in [1.165, 1.54) is 36.8 Å². The molecule has 4 atom stereocenters. The Hall–Kier alpha value is -0.860. The highest BCUT2D eigenvalue weighted by Gasteiger charge is 2.33. The van der Waals surface area contributed by atoms with Gasteiger partial charge in [-0.3, -0.25) is 0 Å². The van der Waals surface area contributed by atoms with Gasteiger partial charge in [0, 0.05) is 12.1 Å². The fraction of sp³-hybridized carbons (Fsp3) is 0.667. The summed E-state index contributed by atoms with van der Waals surface area (Å²) >= 11 is 0. The van der Waals surface area contributed by atoms with Gasteiger partial charge in [-0.1, -0.05) is 44.0 Å². The molecule has 4 unspecified atom stereocenters. The third kappa shape index (κ3) is 2.91. The lowest BCUT2D eigenvalue weighted by Gasteiger charge is -2.30. The van der Waals surface area contributed by atoms with E-state index in [1.807, 2.05) is 0 Å². The first-order chi connectivity index (χ1) is 9.78. The molecule has 1 aromatic rings. The Morgan fingerprint density at radius 3 is 2.65 bits per heavy atom. The molecule has 2 nitrogen and oxygen atoms in total. The van der Waals surface area contributed by atoms with Crippen molar-refractivity contribution >= 4 is 0 Å². The molecule has 0 radical (unpaired) electrons. The maximum absolute atomic E-state index is 6.28. The zero-order valence-corrected chi connectivity index (χ0v) is 12.8. The molecule has 1 aliphatic heterocycles. The molecule has 110 valence electrons. The van der Waals surface area contributed by atoms with Crippen LogP contribution in [0.2, 0.25) is 0 Å². The van der Waals surface area contributed by atoms with Gasteiger partial charge in [0.25, 0.3) is 0 Å². The molecule has 3 rings (SSSR count). The molecule has 2 fully saturated rings. The minimum absolute atomic E-state index is 0.200. The van der Waals surface area contributed by atoms with Crippen molar-refractivity contribution in [3.63, 3.8) is 0 Å². The van der Waals surface area contributed by atoms with Gasteiger partial charge in [0.1, 0.15) is 0 Å². The number of ether oxygens (including phenoxy) is 1. The Labute approximate surface area is 122 Å². The second kappa shape index (κ2) is 6.28. The normalized spacial score (nSPS) is 34.3. The van der Waals surface area contributed by atoms with Crippen LogP contribution in [-0.4, -0.2) is 18.7 Å². The summed E-state index contributed by atoms with van der Waals surface area (Å²) in [5, 5.41) is 3.83. The van der Waals surface area contributed by atoms with E-state index in [2.05, 4.69) is 43.4 Å². The van der Waals surface area contributed by atoms with Gasteiger partial charge in [-0.15, -0.1) is 0 Å². The minimum Gasteiger partial charge on any atom is -0.372 e. The van der Waals surface area contributed by atoms with E-state index >= 15 is 0 Å². The van der Waals surface area contributed by atoms with Crippen LogP contribution in [0.25, 0.3) is 0 Å². The fourth-order valence-electron chi connectivity index (χ4n) is 3.75. The Kier molecular flexibility index (Phi) is 4.42. The second-order valence-electron chi connectivity index (χ2n) is 6.46. The Bertz CT molecular complexity index is 428. The molecule has 1 saturated carbocycles. The Morgan fingerprint density at radius 1 is 1.15 bits per heavy atom. The monoisotopic (exact) mass is 273 g/mol. The van der Waals surface area contributed by atoms with Crippen LogP contribution in [0.5, 0.6) is 0 Å². The van der Waals surface area contributed by atoms with Crippen LogP contribution in [0.4, 0.5) is 0 Å². The smallest absolute Gasteiger partial charge is 0.0975 e. The Morgan fingerprint density at radius 2 is 1.90 bits per heavy atom. The maximum Gasteiger partial charge on any atom is 0.0975 e. The molecule has 0 amide bonds. The van der Waals surface area contributed by atoms with Crippen molar-refractivity contribution in [2.75, 3.05) is 6.61 Å². The Balaban J connectivity index is 1.75. The fourth-order valence-corrected chi connectivity index (χ4v) is 3.75. The van der Waals surface area contributed by atoms with Crippen LogP contribution in [0, 0.1) is 5.92 Å². The highest BCUT2D eigenvalue weighted by Crippen LogP contribution is 2.32. The SMILES string of the molecule is CCc1ccc(C2OCC3CCCCC3NC2C)cc1. The molecule has 0 spiro atoms. The number of aryl methyl sites for hydroxylation is 1. The van der Waals surface area contributed by atoms with Gasteiger partial charge in [0.15, 0.2) is 0 Å². The second-order valence-corrected chi connectivity index (χ2v) is 6.46. The predicted octanol–water partition coefficient (Wildman–Crippen LogP) is 3.86. The molecule has 0 aromatic heterocycles. The van der Waals surface area contributed by atoms with Crippen LogP contribution in [0.1, 0.15) is 56.8 Å². The lowest BCUT2D eigenvalue weighted by atomic mass is 9.85. The molecule has 1 heterocycles. The summed E-state index contributed by atoms with van der Waals surface area (Å²) in [6.07, 6.45) is 6.69. The van der Waals surface area contributed by atoms with Crippen LogP contribution < -0.4 is 5.32 Å². The average molecular weight is 273 g/mol. The summed E-state index contributed by atoms with van der Waals surface area (Å²) in [5.74, 6) is 0.714. The van der Waals surface area contributed by atoms with E-state index in [0.717, 1.165) is 13.0 Å². The van der Waals surface area contributed by atoms with Gasteiger partial charge in [-0.2, -0.15) is 0 Å². The minimum atomic E-state index is 0.200.